The summed E-state index contributed by atoms with van der Waals surface area (Å²) < 4.78 is 1.12. The Labute approximate surface area is 79.3 Å². The van der Waals surface area contributed by atoms with Crippen LogP contribution < -0.4 is 21.3 Å². The van der Waals surface area contributed by atoms with E-state index in [1.165, 1.54) is 0 Å². The van der Waals surface area contributed by atoms with E-state index >= 15 is 0 Å². The van der Waals surface area contributed by atoms with Crippen molar-refractivity contribution < 1.29 is 35.3 Å². The van der Waals surface area contributed by atoms with Crippen LogP contribution in [0.5, 0.6) is 0 Å². The Kier molecular flexibility index (Phi) is 4.64. The predicted octanol–water partition coefficient (Wildman–Crippen LogP) is -2.09. The molecule has 4 heteroatoms. The minimum Gasteiger partial charge on any atom is -1.00 e. The molecule has 0 saturated carbocycles. The Hall–Kier alpha value is 0.543. The number of rotatable bonds is 0. The Morgan fingerprint density at radius 2 is 2.11 bits per heavy atom. The van der Waals surface area contributed by atoms with Crippen molar-refractivity contribution >= 4 is 15.9 Å². The van der Waals surface area contributed by atoms with Crippen LogP contribution in [0.25, 0.3) is 0 Å². The zero-order chi connectivity index (χ0) is 5.98. The predicted molar refractivity (Wildman–Crippen MR) is 28.9 cm³/mol. The first-order valence-corrected chi connectivity index (χ1v) is 4.09. The first-order valence-electron chi connectivity index (χ1n) is 2.22. The topological polar surface area (TPSA) is 12.9 Å². The second kappa shape index (κ2) is 4.37. The number of aromatic nitrogens is 1. The molecule has 0 unspecified atom stereocenters. The minimum atomic E-state index is 0. The van der Waals surface area contributed by atoms with Gasteiger partial charge >= 0.3 is 62.5 Å². The molecule has 0 N–H and O–H groups in total. The van der Waals surface area contributed by atoms with E-state index in [1.807, 2.05) is 12.1 Å². The summed E-state index contributed by atoms with van der Waals surface area (Å²) in [5.41, 5.74) is 0. The third-order valence-corrected chi connectivity index (χ3v) is 1.89. The summed E-state index contributed by atoms with van der Waals surface area (Å²) >= 11 is 6.66. The molecule has 0 aliphatic heterocycles. The monoisotopic (exact) mass is 255 g/mol. The van der Waals surface area contributed by atoms with Gasteiger partial charge in [0.25, 0.3) is 0 Å². The van der Waals surface area contributed by atoms with E-state index in [0.717, 1.165) is 22.6 Å². The molecule has 1 rings (SSSR count). The molecule has 9 heavy (non-hydrogen) atoms. The summed E-state index contributed by atoms with van der Waals surface area (Å²) in [6.07, 6.45) is 1.67. The average Bonchev–Trinajstić information content (AvgIpc) is 1.77. The Morgan fingerprint density at radius 1 is 1.44 bits per heavy atom. The third-order valence-electron chi connectivity index (χ3n) is 0.789. The van der Waals surface area contributed by atoms with E-state index in [4.69, 9.17) is 11.6 Å². The van der Waals surface area contributed by atoms with Gasteiger partial charge in [-0.05, 0) is 0 Å². The molecule has 1 heterocycles. The molecule has 1 aromatic rings. The van der Waals surface area contributed by atoms with Gasteiger partial charge in [0.2, 0.25) is 0 Å². The van der Waals surface area contributed by atoms with Gasteiger partial charge in [0, 0.05) is 0 Å². The van der Waals surface area contributed by atoms with Gasteiger partial charge in [-0.25, -0.2) is 0 Å². The fraction of sp³-hybridized carbons (Fsp3) is 0. The summed E-state index contributed by atoms with van der Waals surface area (Å²) in [5, 5.41) is 0.710. The second-order valence-corrected chi connectivity index (χ2v) is 3.42. The first-order chi connectivity index (χ1) is 3.79. The SMILES string of the molecule is Clc1cc[c]([Zn+])nc1.[Br-]. The molecule has 0 radical (unpaired) electrons. The summed E-state index contributed by atoms with van der Waals surface area (Å²) in [7, 11) is 0. The number of pyridine rings is 1. The molecule has 44 valence electrons. The van der Waals surface area contributed by atoms with E-state index in [2.05, 4.69) is 4.98 Å². The van der Waals surface area contributed by atoms with Gasteiger partial charge < -0.3 is 17.0 Å². The van der Waals surface area contributed by atoms with Crippen molar-refractivity contribution in [3.05, 3.63) is 23.4 Å². The zero-order valence-electron chi connectivity index (χ0n) is 4.64. The molecule has 0 atom stereocenters. The zero-order valence-corrected chi connectivity index (χ0v) is 9.95. The molecular formula is C5H3BrClNZn. The van der Waals surface area contributed by atoms with Gasteiger partial charge in [-0.15, -0.1) is 0 Å². The van der Waals surface area contributed by atoms with E-state index in [-0.39, 0.29) is 17.0 Å². The normalized spacial score (nSPS) is 8.33. The van der Waals surface area contributed by atoms with Gasteiger partial charge in [-0.3, -0.25) is 0 Å². The molecule has 1 nitrogen and oxygen atoms in total. The van der Waals surface area contributed by atoms with Crippen molar-refractivity contribution in [3.63, 3.8) is 0 Å². The third kappa shape index (κ3) is 3.29. The quantitative estimate of drug-likeness (QED) is 0.486. The van der Waals surface area contributed by atoms with Crippen LogP contribution in [0.2, 0.25) is 5.02 Å². The standard InChI is InChI=1S/C5H3ClN.BrH.Zn/c6-5-2-1-3-7-4-5;;/h1-2,4H;1H;/q;;+1/p-1. The minimum absolute atomic E-state index is 0. The summed E-state index contributed by atoms with van der Waals surface area (Å²) in [6.45, 7) is 0. The fourth-order valence-electron chi connectivity index (χ4n) is 0.406. The van der Waals surface area contributed by atoms with Crippen molar-refractivity contribution in [1.82, 2.24) is 4.98 Å². The van der Waals surface area contributed by atoms with E-state index < -0.39 is 0 Å². The molecule has 1 aromatic heterocycles. The summed E-state index contributed by atoms with van der Waals surface area (Å²) in [6, 6.07) is 3.79. The molecule has 0 spiro atoms. The smallest absolute Gasteiger partial charge is 1.00 e. The van der Waals surface area contributed by atoms with Crippen LogP contribution in [-0.4, -0.2) is 4.98 Å². The maximum Gasteiger partial charge on any atom is -1.00 e. The van der Waals surface area contributed by atoms with Crippen molar-refractivity contribution in [2.24, 2.45) is 0 Å². The molecule has 0 amide bonds. The number of hydrogen-bond acceptors (Lipinski definition) is 1. The molecule has 0 aliphatic rings. The molecule has 0 aromatic carbocycles. The summed E-state index contributed by atoms with van der Waals surface area (Å²) in [5.74, 6) is 0. The van der Waals surface area contributed by atoms with Crippen molar-refractivity contribution in [2.75, 3.05) is 0 Å². The molecule has 0 fully saturated rings. The van der Waals surface area contributed by atoms with E-state index in [0.29, 0.717) is 5.02 Å². The van der Waals surface area contributed by atoms with Crippen LogP contribution in [-0.2, 0) is 18.3 Å². The molecule has 0 bridgehead atoms. The van der Waals surface area contributed by atoms with Crippen LogP contribution in [0.3, 0.4) is 0 Å². The van der Waals surface area contributed by atoms with Crippen LogP contribution in [0, 0.1) is 0 Å². The maximum absolute atomic E-state index is 5.56. The molecular weight excluding hydrogens is 255 g/mol. The number of halogens is 2. The van der Waals surface area contributed by atoms with Gasteiger partial charge in [-0.2, -0.15) is 0 Å². The fourth-order valence-corrected chi connectivity index (χ4v) is 0.957. The van der Waals surface area contributed by atoms with Crippen molar-refractivity contribution in [1.29, 1.82) is 0 Å². The van der Waals surface area contributed by atoms with Crippen LogP contribution >= 0.6 is 11.6 Å². The van der Waals surface area contributed by atoms with E-state index in [9.17, 15) is 0 Å². The first kappa shape index (κ1) is 9.54. The van der Waals surface area contributed by atoms with Gasteiger partial charge in [0.05, 0.1) is 0 Å². The van der Waals surface area contributed by atoms with Crippen LogP contribution in [0.1, 0.15) is 0 Å². The Morgan fingerprint density at radius 3 is 2.44 bits per heavy atom. The van der Waals surface area contributed by atoms with E-state index in [1.54, 1.807) is 6.20 Å². The van der Waals surface area contributed by atoms with Crippen LogP contribution in [0.4, 0.5) is 0 Å². The molecule has 0 saturated heterocycles. The van der Waals surface area contributed by atoms with Gasteiger partial charge in [0.15, 0.2) is 0 Å². The Bertz CT molecular complexity index is 156. The molecule has 0 aliphatic carbocycles. The largest absolute Gasteiger partial charge is 1.00 e. The van der Waals surface area contributed by atoms with Gasteiger partial charge in [-0.1, -0.05) is 0 Å². The average molecular weight is 258 g/mol. The maximum atomic E-state index is 5.56. The number of hydrogen-bond donors (Lipinski definition) is 0. The number of nitrogens with zero attached hydrogens (tertiary/aromatic N) is 1. The van der Waals surface area contributed by atoms with Crippen molar-refractivity contribution in [2.45, 2.75) is 0 Å². The second-order valence-electron chi connectivity index (χ2n) is 1.47. The Balaban J connectivity index is 0.000000640. The summed E-state index contributed by atoms with van der Waals surface area (Å²) in [4.78, 5) is 4.00. The van der Waals surface area contributed by atoms with Gasteiger partial charge in [0.1, 0.15) is 0 Å². The van der Waals surface area contributed by atoms with Crippen LogP contribution in [0.15, 0.2) is 18.3 Å². The van der Waals surface area contributed by atoms with Crippen molar-refractivity contribution in [3.8, 4) is 0 Å².